The van der Waals surface area contributed by atoms with Gasteiger partial charge in [0, 0.05) is 18.9 Å². The van der Waals surface area contributed by atoms with Gasteiger partial charge < -0.3 is 10.6 Å². The summed E-state index contributed by atoms with van der Waals surface area (Å²) in [6.07, 6.45) is 3.20. The number of urea groups is 1. The van der Waals surface area contributed by atoms with Crippen molar-refractivity contribution in [1.82, 2.24) is 20.5 Å². The average Bonchev–Trinajstić information content (AvgIpc) is 2.89. The number of hydrogen-bond acceptors (Lipinski definition) is 4. The molecule has 2 heterocycles. The van der Waals surface area contributed by atoms with E-state index in [9.17, 15) is 14.4 Å². The highest BCUT2D eigenvalue weighted by Crippen LogP contribution is 2.14. The number of imide groups is 1. The number of pyridine rings is 1. The maximum absolute atomic E-state index is 12.4. The van der Waals surface area contributed by atoms with Crippen molar-refractivity contribution in [2.45, 2.75) is 25.6 Å². The molecule has 0 bridgehead atoms. The molecule has 1 aromatic heterocycles. The molecule has 1 aliphatic heterocycles. The minimum atomic E-state index is -0.825. The van der Waals surface area contributed by atoms with Crippen LogP contribution in [0.15, 0.2) is 54.9 Å². The molecular formula is C18H18N4O3. The third-order valence-corrected chi connectivity index (χ3v) is 3.92. The fourth-order valence-corrected chi connectivity index (χ4v) is 2.59. The number of aromatic nitrogens is 1. The summed E-state index contributed by atoms with van der Waals surface area (Å²) < 4.78 is 0. The zero-order valence-corrected chi connectivity index (χ0v) is 13.5. The van der Waals surface area contributed by atoms with E-state index < -0.39 is 12.1 Å². The molecule has 1 aliphatic rings. The van der Waals surface area contributed by atoms with Crippen LogP contribution in [0, 0.1) is 0 Å². The molecule has 0 unspecified atom stereocenters. The number of amides is 4. The van der Waals surface area contributed by atoms with Crippen molar-refractivity contribution in [3.63, 3.8) is 0 Å². The zero-order valence-electron chi connectivity index (χ0n) is 13.5. The quantitative estimate of drug-likeness (QED) is 0.775. The van der Waals surface area contributed by atoms with Crippen LogP contribution in [0.5, 0.6) is 0 Å². The van der Waals surface area contributed by atoms with Crippen LogP contribution < -0.4 is 10.6 Å². The third-order valence-electron chi connectivity index (χ3n) is 3.92. The molecule has 4 amide bonds. The maximum Gasteiger partial charge on any atom is 0.325 e. The highest BCUT2D eigenvalue weighted by molar-refractivity contribution is 6.05. The summed E-state index contributed by atoms with van der Waals surface area (Å²) >= 11 is 0. The fourth-order valence-electron chi connectivity index (χ4n) is 2.59. The van der Waals surface area contributed by atoms with Crippen molar-refractivity contribution < 1.29 is 14.4 Å². The Labute approximate surface area is 145 Å². The van der Waals surface area contributed by atoms with Crippen LogP contribution >= 0.6 is 0 Å². The summed E-state index contributed by atoms with van der Waals surface area (Å²) in [6, 6.07) is 11.5. The van der Waals surface area contributed by atoms with Gasteiger partial charge >= 0.3 is 6.03 Å². The summed E-state index contributed by atoms with van der Waals surface area (Å²) in [5, 5.41) is 5.31. The van der Waals surface area contributed by atoms with Crippen molar-refractivity contribution in [2.75, 3.05) is 0 Å². The first-order valence-corrected chi connectivity index (χ1v) is 7.95. The molecular weight excluding hydrogens is 320 g/mol. The monoisotopic (exact) mass is 338 g/mol. The van der Waals surface area contributed by atoms with E-state index in [0.717, 1.165) is 16.0 Å². The van der Waals surface area contributed by atoms with E-state index in [1.807, 2.05) is 30.3 Å². The number of benzene rings is 1. The lowest BCUT2D eigenvalue weighted by Crippen LogP contribution is -2.36. The second-order valence-corrected chi connectivity index (χ2v) is 5.75. The fraction of sp³-hybridized carbons (Fsp3) is 0.222. The molecule has 25 heavy (non-hydrogen) atoms. The molecule has 128 valence electrons. The van der Waals surface area contributed by atoms with E-state index in [0.29, 0.717) is 6.54 Å². The van der Waals surface area contributed by atoms with Gasteiger partial charge in [0.05, 0.1) is 13.0 Å². The van der Waals surface area contributed by atoms with Crippen molar-refractivity contribution in [1.29, 1.82) is 0 Å². The summed E-state index contributed by atoms with van der Waals surface area (Å²) in [4.78, 5) is 41.5. The largest absolute Gasteiger partial charge is 0.352 e. The van der Waals surface area contributed by atoms with Gasteiger partial charge in [-0.05, 0) is 23.3 Å². The van der Waals surface area contributed by atoms with E-state index in [1.165, 1.54) is 0 Å². The molecule has 1 aromatic carbocycles. The Hall–Kier alpha value is -3.22. The Morgan fingerprint density at radius 3 is 2.52 bits per heavy atom. The molecule has 1 fully saturated rings. The second-order valence-electron chi connectivity index (χ2n) is 5.75. The lowest BCUT2D eigenvalue weighted by Gasteiger charge is -2.13. The highest BCUT2D eigenvalue weighted by Gasteiger charge is 2.38. The summed E-state index contributed by atoms with van der Waals surface area (Å²) in [6.45, 7) is 0.546. The van der Waals surface area contributed by atoms with E-state index >= 15 is 0 Å². The Kier molecular flexibility index (Phi) is 5.03. The number of nitrogens with one attached hydrogen (secondary N) is 2. The standard InChI is InChI=1S/C18H18N4O3/c23-16(20-11-13-6-8-19-9-7-13)10-15-17(24)22(18(25)21-15)12-14-4-2-1-3-5-14/h1-9,15H,10-12H2,(H,20,23)(H,21,25)/t15-/m1/s1. The second kappa shape index (κ2) is 7.57. The Morgan fingerprint density at radius 2 is 1.80 bits per heavy atom. The topological polar surface area (TPSA) is 91.4 Å². The van der Waals surface area contributed by atoms with E-state index in [1.54, 1.807) is 24.5 Å². The van der Waals surface area contributed by atoms with Crippen LogP contribution in [0.25, 0.3) is 0 Å². The molecule has 2 N–H and O–H groups in total. The number of hydrogen-bond donors (Lipinski definition) is 2. The molecule has 1 saturated heterocycles. The molecule has 0 saturated carbocycles. The molecule has 1 atom stereocenters. The minimum absolute atomic E-state index is 0.0824. The van der Waals surface area contributed by atoms with Crippen LogP contribution in [-0.4, -0.2) is 33.8 Å². The number of carbonyl (C=O) groups is 3. The summed E-state index contributed by atoms with van der Waals surface area (Å²) in [7, 11) is 0. The van der Waals surface area contributed by atoms with Gasteiger partial charge in [-0.25, -0.2) is 4.79 Å². The lowest BCUT2D eigenvalue weighted by molar-refractivity contribution is -0.131. The van der Waals surface area contributed by atoms with Crippen molar-refractivity contribution in [3.8, 4) is 0 Å². The third kappa shape index (κ3) is 4.20. The zero-order chi connectivity index (χ0) is 17.6. The summed E-state index contributed by atoms with van der Waals surface area (Å²) in [5.41, 5.74) is 1.77. The Morgan fingerprint density at radius 1 is 1.08 bits per heavy atom. The minimum Gasteiger partial charge on any atom is -0.352 e. The molecule has 2 aromatic rings. The molecule has 0 aliphatic carbocycles. The van der Waals surface area contributed by atoms with Gasteiger partial charge in [0.1, 0.15) is 6.04 Å². The first-order chi connectivity index (χ1) is 12.1. The molecule has 7 nitrogen and oxygen atoms in total. The highest BCUT2D eigenvalue weighted by atomic mass is 16.2. The van der Waals surface area contributed by atoms with Crippen LogP contribution in [0.1, 0.15) is 17.5 Å². The predicted octanol–water partition coefficient (Wildman–Crippen LogP) is 1.21. The molecule has 0 radical (unpaired) electrons. The first kappa shape index (κ1) is 16.6. The number of nitrogens with zero attached hydrogens (tertiary/aromatic N) is 2. The van der Waals surface area contributed by atoms with Crippen molar-refractivity contribution in [3.05, 3.63) is 66.0 Å². The molecule has 3 rings (SSSR count). The Balaban J connectivity index is 1.54. The van der Waals surface area contributed by atoms with Gasteiger partial charge in [-0.15, -0.1) is 0 Å². The van der Waals surface area contributed by atoms with Gasteiger partial charge in [-0.1, -0.05) is 30.3 Å². The van der Waals surface area contributed by atoms with Crippen LogP contribution in [-0.2, 0) is 22.7 Å². The van der Waals surface area contributed by atoms with Crippen LogP contribution in [0.2, 0.25) is 0 Å². The smallest absolute Gasteiger partial charge is 0.325 e. The molecule has 7 heteroatoms. The van der Waals surface area contributed by atoms with Crippen molar-refractivity contribution >= 4 is 17.8 Å². The van der Waals surface area contributed by atoms with Crippen LogP contribution in [0.4, 0.5) is 4.79 Å². The number of carbonyl (C=O) groups excluding carboxylic acids is 3. The lowest BCUT2D eigenvalue weighted by atomic mass is 10.1. The van der Waals surface area contributed by atoms with Gasteiger partial charge in [0.25, 0.3) is 5.91 Å². The van der Waals surface area contributed by atoms with E-state index in [2.05, 4.69) is 15.6 Å². The van der Waals surface area contributed by atoms with E-state index in [-0.39, 0.29) is 24.8 Å². The van der Waals surface area contributed by atoms with E-state index in [4.69, 9.17) is 0 Å². The average molecular weight is 338 g/mol. The van der Waals surface area contributed by atoms with Gasteiger partial charge in [0.15, 0.2) is 0 Å². The molecule has 0 spiro atoms. The predicted molar refractivity (Wildman–Crippen MR) is 90.0 cm³/mol. The van der Waals surface area contributed by atoms with Gasteiger partial charge in [0.2, 0.25) is 5.91 Å². The number of rotatable bonds is 6. The maximum atomic E-state index is 12.4. The Bertz CT molecular complexity index is 764. The SMILES string of the molecule is O=C(C[C@H]1NC(=O)N(Cc2ccccc2)C1=O)NCc1ccncc1. The summed E-state index contributed by atoms with van der Waals surface area (Å²) in [5.74, 6) is -0.676. The van der Waals surface area contributed by atoms with Crippen LogP contribution in [0.3, 0.4) is 0 Å². The van der Waals surface area contributed by atoms with Gasteiger partial charge in [-0.3, -0.25) is 19.5 Å². The van der Waals surface area contributed by atoms with Gasteiger partial charge in [-0.2, -0.15) is 0 Å². The normalized spacial score (nSPS) is 16.6. The first-order valence-electron chi connectivity index (χ1n) is 7.95. The van der Waals surface area contributed by atoms with Crippen molar-refractivity contribution in [2.24, 2.45) is 0 Å².